The van der Waals surface area contributed by atoms with Crippen LogP contribution in [0.1, 0.15) is 15.9 Å². The Morgan fingerprint density at radius 1 is 1.00 bits per heavy atom. The Labute approximate surface area is 194 Å². The van der Waals surface area contributed by atoms with Crippen molar-refractivity contribution in [2.24, 2.45) is 5.10 Å². The number of hydrazone groups is 1. The number of methoxy groups -OCH3 is 1. The molecule has 3 aromatic rings. The smallest absolute Gasteiger partial charge is 0.271 e. The van der Waals surface area contributed by atoms with Crippen LogP contribution in [0, 0.1) is 0 Å². The summed E-state index contributed by atoms with van der Waals surface area (Å²) in [6.45, 7) is -0.234. The Hall–Kier alpha value is -3.55. The predicted octanol–water partition coefficient (Wildman–Crippen LogP) is 4.78. The molecular weight excluding hydrogens is 453 g/mol. The zero-order valence-corrected chi connectivity index (χ0v) is 18.5. The van der Waals surface area contributed by atoms with Crippen molar-refractivity contribution < 1.29 is 19.1 Å². The van der Waals surface area contributed by atoms with Crippen LogP contribution in [0.2, 0.25) is 10.0 Å². The van der Waals surface area contributed by atoms with Crippen molar-refractivity contribution in [2.75, 3.05) is 19.0 Å². The van der Waals surface area contributed by atoms with Gasteiger partial charge in [-0.25, -0.2) is 5.43 Å². The Morgan fingerprint density at radius 3 is 2.47 bits per heavy atom. The van der Waals surface area contributed by atoms with E-state index in [-0.39, 0.29) is 18.4 Å². The first kappa shape index (κ1) is 23.1. The van der Waals surface area contributed by atoms with E-state index in [9.17, 15) is 9.59 Å². The molecule has 0 aliphatic carbocycles. The molecule has 2 N–H and O–H groups in total. The highest BCUT2D eigenvalue weighted by atomic mass is 35.5. The molecule has 0 heterocycles. The molecule has 0 aromatic heterocycles. The molecule has 0 unspecified atom stereocenters. The van der Waals surface area contributed by atoms with Gasteiger partial charge in [-0.05, 0) is 60.2 Å². The van der Waals surface area contributed by atoms with Crippen LogP contribution >= 0.6 is 23.2 Å². The van der Waals surface area contributed by atoms with E-state index in [1.165, 1.54) is 13.3 Å². The second kappa shape index (κ2) is 11.2. The Balaban J connectivity index is 1.53. The van der Waals surface area contributed by atoms with E-state index in [0.29, 0.717) is 38.4 Å². The lowest BCUT2D eigenvalue weighted by atomic mass is 10.2. The first-order valence-corrected chi connectivity index (χ1v) is 10.2. The van der Waals surface area contributed by atoms with Crippen LogP contribution in [0.4, 0.5) is 5.69 Å². The van der Waals surface area contributed by atoms with Crippen molar-refractivity contribution in [1.29, 1.82) is 0 Å². The Bertz CT molecular complexity index is 1130. The number of anilines is 1. The zero-order valence-electron chi connectivity index (χ0n) is 17.0. The van der Waals surface area contributed by atoms with Gasteiger partial charge in [0.25, 0.3) is 11.8 Å². The molecule has 2 amide bonds. The minimum absolute atomic E-state index is 0.234. The summed E-state index contributed by atoms with van der Waals surface area (Å²) in [4.78, 5) is 24.2. The minimum Gasteiger partial charge on any atom is -0.495 e. The highest BCUT2D eigenvalue weighted by molar-refractivity contribution is 6.32. The highest BCUT2D eigenvalue weighted by Gasteiger charge is 2.10. The van der Waals surface area contributed by atoms with Gasteiger partial charge in [-0.1, -0.05) is 35.3 Å². The van der Waals surface area contributed by atoms with Gasteiger partial charge in [0.2, 0.25) is 0 Å². The number of nitrogens with zero attached hydrogens (tertiary/aromatic N) is 1. The predicted molar refractivity (Wildman–Crippen MR) is 125 cm³/mol. The summed E-state index contributed by atoms with van der Waals surface area (Å²) in [5, 5.41) is 7.47. The number of benzene rings is 3. The minimum atomic E-state index is -0.370. The van der Waals surface area contributed by atoms with Gasteiger partial charge in [-0.15, -0.1) is 0 Å². The van der Waals surface area contributed by atoms with Gasteiger partial charge >= 0.3 is 0 Å². The summed E-state index contributed by atoms with van der Waals surface area (Å²) in [5.41, 5.74) is 4.03. The largest absolute Gasteiger partial charge is 0.495 e. The third-order valence-corrected chi connectivity index (χ3v) is 4.73. The van der Waals surface area contributed by atoms with E-state index in [1.54, 1.807) is 66.7 Å². The molecule has 9 heteroatoms. The molecule has 3 aromatic carbocycles. The van der Waals surface area contributed by atoms with Gasteiger partial charge in [-0.2, -0.15) is 5.10 Å². The van der Waals surface area contributed by atoms with E-state index in [0.717, 1.165) is 0 Å². The summed E-state index contributed by atoms with van der Waals surface area (Å²) in [7, 11) is 1.52. The number of ether oxygens (including phenoxy) is 2. The lowest BCUT2D eigenvalue weighted by molar-refractivity contribution is -0.118. The molecule has 0 bridgehead atoms. The van der Waals surface area contributed by atoms with Gasteiger partial charge < -0.3 is 14.8 Å². The fraction of sp³-hybridized carbons (Fsp3) is 0.0870. The van der Waals surface area contributed by atoms with E-state index in [1.807, 2.05) is 0 Å². The number of hydrogen-bond donors (Lipinski definition) is 2. The van der Waals surface area contributed by atoms with Crippen molar-refractivity contribution in [1.82, 2.24) is 5.43 Å². The molecule has 0 fully saturated rings. The number of carbonyl (C=O) groups excluding carboxylic acids is 2. The molecule has 0 atom stereocenters. The maximum absolute atomic E-state index is 12.2. The van der Waals surface area contributed by atoms with Crippen LogP contribution in [0.3, 0.4) is 0 Å². The van der Waals surface area contributed by atoms with Crippen LogP contribution in [0.5, 0.6) is 11.5 Å². The number of nitrogens with one attached hydrogen (secondary N) is 2. The number of hydrogen-bond acceptors (Lipinski definition) is 5. The van der Waals surface area contributed by atoms with Crippen molar-refractivity contribution in [3.8, 4) is 11.5 Å². The van der Waals surface area contributed by atoms with Crippen LogP contribution in [-0.4, -0.2) is 31.7 Å². The number of para-hydroxylation sites is 2. The molecular formula is C23H19Cl2N3O4. The Kier molecular flexibility index (Phi) is 8.08. The monoisotopic (exact) mass is 471 g/mol. The molecule has 7 nitrogen and oxygen atoms in total. The number of rotatable bonds is 8. The molecule has 0 aliphatic rings. The van der Waals surface area contributed by atoms with E-state index >= 15 is 0 Å². The first-order chi connectivity index (χ1) is 15.5. The summed E-state index contributed by atoms with van der Waals surface area (Å²) < 4.78 is 10.7. The molecule has 0 aliphatic heterocycles. The number of amides is 2. The average Bonchev–Trinajstić information content (AvgIpc) is 2.79. The molecule has 0 spiro atoms. The van der Waals surface area contributed by atoms with Gasteiger partial charge in [0, 0.05) is 10.6 Å². The lowest BCUT2D eigenvalue weighted by Crippen LogP contribution is -2.20. The van der Waals surface area contributed by atoms with E-state index in [4.69, 9.17) is 32.7 Å². The lowest BCUT2D eigenvalue weighted by Gasteiger charge is -2.11. The topological polar surface area (TPSA) is 89.0 Å². The van der Waals surface area contributed by atoms with E-state index < -0.39 is 0 Å². The summed E-state index contributed by atoms with van der Waals surface area (Å²) >= 11 is 12.0. The third-order valence-electron chi connectivity index (χ3n) is 4.18. The maximum Gasteiger partial charge on any atom is 0.271 e. The SMILES string of the molecule is COc1ccccc1NC(=O)COc1ccc(/C=N/NC(=O)c2ccc(Cl)cc2)cc1Cl. The van der Waals surface area contributed by atoms with Crippen LogP contribution in [-0.2, 0) is 4.79 Å². The Morgan fingerprint density at radius 2 is 1.75 bits per heavy atom. The molecule has 164 valence electrons. The number of carbonyl (C=O) groups is 2. The fourth-order valence-electron chi connectivity index (χ4n) is 2.62. The summed E-state index contributed by atoms with van der Waals surface area (Å²) in [6.07, 6.45) is 1.44. The summed E-state index contributed by atoms with van der Waals surface area (Å²) in [6, 6.07) is 18.4. The van der Waals surface area contributed by atoms with Crippen LogP contribution < -0.4 is 20.2 Å². The quantitative estimate of drug-likeness (QED) is 0.365. The standard InChI is InChI=1S/C23H19Cl2N3O4/c1-31-21-5-3-2-4-19(21)27-22(29)14-32-20-11-6-15(12-18(20)25)13-26-28-23(30)16-7-9-17(24)10-8-16/h2-13H,14H2,1H3,(H,27,29)(H,28,30)/b26-13+. The third kappa shape index (κ3) is 6.47. The van der Waals surface area contributed by atoms with Gasteiger partial charge in [0.1, 0.15) is 11.5 Å². The zero-order chi connectivity index (χ0) is 22.9. The van der Waals surface area contributed by atoms with Crippen molar-refractivity contribution in [3.05, 3.63) is 87.9 Å². The van der Waals surface area contributed by atoms with Crippen LogP contribution in [0.15, 0.2) is 71.8 Å². The first-order valence-electron chi connectivity index (χ1n) is 9.40. The molecule has 32 heavy (non-hydrogen) atoms. The van der Waals surface area contributed by atoms with Crippen molar-refractivity contribution >= 4 is 46.9 Å². The highest BCUT2D eigenvalue weighted by Crippen LogP contribution is 2.26. The van der Waals surface area contributed by atoms with E-state index in [2.05, 4.69) is 15.8 Å². The second-order valence-electron chi connectivity index (χ2n) is 6.43. The molecule has 0 saturated carbocycles. The van der Waals surface area contributed by atoms with Crippen molar-refractivity contribution in [3.63, 3.8) is 0 Å². The van der Waals surface area contributed by atoms with Gasteiger partial charge in [0.15, 0.2) is 6.61 Å². The van der Waals surface area contributed by atoms with Crippen molar-refractivity contribution in [2.45, 2.75) is 0 Å². The molecule has 3 rings (SSSR count). The molecule has 0 saturated heterocycles. The average molecular weight is 472 g/mol. The number of halogens is 2. The fourth-order valence-corrected chi connectivity index (χ4v) is 2.99. The molecule has 0 radical (unpaired) electrons. The van der Waals surface area contributed by atoms with Gasteiger partial charge in [-0.3, -0.25) is 9.59 Å². The maximum atomic E-state index is 12.2. The normalized spacial score (nSPS) is 10.6. The summed E-state index contributed by atoms with van der Waals surface area (Å²) in [5.74, 6) is 0.154. The van der Waals surface area contributed by atoms with Gasteiger partial charge in [0.05, 0.1) is 24.0 Å². The second-order valence-corrected chi connectivity index (χ2v) is 7.28. The van der Waals surface area contributed by atoms with Crippen LogP contribution in [0.25, 0.3) is 0 Å².